The smallest absolute Gasteiger partial charge is 0.261 e. The van der Waals surface area contributed by atoms with Crippen LogP contribution in [0.15, 0.2) is 59.7 Å². The summed E-state index contributed by atoms with van der Waals surface area (Å²) < 4.78 is 0. The van der Waals surface area contributed by atoms with Gasteiger partial charge in [-0.1, -0.05) is 35.9 Å². The predicted octanol–water partition coefficient (Wildman–Crippen LogP) is 2.89. The molecular weight excluding hydrogens is 406 g/mol. The molecule has 8 heteroatoms. The van der Waals surface area contributed by atoms with Crippen LogP contribution in [-0.4, -0.2) is 52.4 Å². The summed E-state index contributed by atoms with van der Waals surface area (Å²) in [4.78, 5) is 26.8. The van der Waals surface area contributed by atoms with E-state index in [2.05, 4.69) is 10.5 Å². The molecule has 0 unspecified atom stereocenters. The van der Waals surface area contributed by atoms with Crippen LogP contribution in [0.4, 0.5) is 5.69 Å². The number of hydrazone groups is 1. The summed E-state index contributed by atoms with van der Waals surface area (Å²) in [5, 5.41) is 25.0. The fourth-order valence-corrected chi connectivity index (χ4v) is 3.73. The Hall–Kier alpha value is -3.26. The molecular formula is C22H18ClN3O4. The van der Waals surface area contributed by atoms with E-state index in [-0.39, 0.29) is 0 Å². The van der Waals surface area contributed by atoms with E-state index in [4.69, 9.17) is 11.6 Å². The number of benzene rings is 3. The van der Waals surface area contributed by atoms with Crippen molar-refractivity contribution in [3.05, 3.63) is 76.3 Å². The van der Waals surface area contributed by atoms with E-state index in [0.717, 1.165) is 10.5 Å². The van der Waals surface area contributed by atoms with Crippen molar-refractivity contribution >= 4 is 46.1 Å². The Labute approximate surface area is 177 Å². The number of anilines is 1. The molecule has 0 saturated heterocycles. The second-order valence-electron chi connectivity index (χ2n) is 6.81. The van der Waals surface area contributed by atoms with Gasteiger partial charge in [-0.05, 0) is 35.9 Å². The van der Waals surface area contributed by atoms with E-state index < -0.39 is 31.1 Å². The number of nitrogens with zero attached hydrogens (tertiary/aromatic N) is 2. The molecule has 30 heavy (non-hydrogen) atoms. The number of aliphatic hydroxyl groups excluding tert-OH is 2. The first-order valence-corrected chi connectivity index (χ1v) is 9.63. The predicted molar refractivity (Wildman–Crippen MR) is 115 cm³/mol. The minimum absolute atomic E-state index is 0.330. The molecule has 2 amide bonds. The summed E-state index contributed by atoms with van der Waals surface area (Å²) in [5.74, 6) is -1.10. The summed E-state index contributed by atoms with van der Waals surface area (Å²) in [6, 6.07) is 14.7. The summed E-state index contributed by atoms with van der Waals surface area (Å²) in [6.45, 7) is -1.03. The number of aliphatic hydroxyl groups is 2. The van der Waals surface area contributed by atoms with Crippen molar-refractivity contribution in [2.75, 3.05) is 18.6 Å². The molecule has 152 valence electrons. The fourth-order valence-electron chi connectivity index (χ4n) is 3.53. The fraction of sp³-hybridized carbons (Fsp3) is 0.136. The number of rotatable bonds is 6. The van der Waals surface area contributed by atoms with Crippen molar-refractivity contribution in [3.63, 3.8) is 0 Å². The normalized spacial score (nSPS) is 13.7. The third kappa shape index (κ3) is 3.43. The molecule has 3 aromatic rings. The average molecular weight is 424 g/mol. The molecule has 0 saturated carbocycles. The van der Waals surface area contributed by atoms with Gasteiger partial charge in [-0.2, -0.15) is 5.10 Å². The Morgan fingerprint density at radius 2 is 1.70 bits per heavy atom. The highest BCUT2D eigenvalue weighted by Crippen LogP contribution is 2.35. The lowest BCUT2D eigenvalue weighted by Gasteiger charge is -2.32. The molecule has 3 N–H and O–H groups in total. The first-order chi connectivity index (χ1) is 14.5. The molecule has 1 aliphatic rings. The molecule has 0 aliphatic carbocycles. The zero-order valence-electron chi connectivity index (χ0n) is 15.7. The van der Waals surface area contributed by atoms with Crippen molar-refractivity contribution in [1.82, 2.24) is 4.90 Å². The zero-order valence-corrected chi connectivity index (χ0v) is 16.5. The van der Waals surface area contributed by atoms with Crippen LogP contribution in [0, 0.1) is 0 Å². The van der Waals surface area contributed by atoms with Gasteiger partial charge in [-0.25, -0.2) is 0 Å². The van der Waals surface area contributed by atoms with Crippen molar-refractivity contribution in [2.24, 2.45) is 5.10 Å². The van der Waals surface area contributed by atoms with Gasteiger partial charge in [-0.15, -0.1) is 0 Å². The maximum absolute atomic E-state index is 12.9. The summed E-state index contributed by atoms with van der Waals surface area (Å²) >= 11 is 5.98. The molecule has 1 aliphatic heterocycles. The zero-order chi connectivity index (χ0) is 21.3. The first-order valence-electron chi connectivity index (χ1n) is 9.25. The lowest BCUT2D eigenvalue weighted by atomic mass is 9.92. The van der Waals surface area contributed by atoms with Gasteiger partial charge in [0.2, 0.25) is 0 Å². The summed E-state index contributed by atoms with van der Waals surface area (Å²) in [6.07, 6.45) is 1.62. The van der Waals surface area contributed by atoms with E-state index >= 15 is 0 Å². The van der Waals surface area contributed by atoms with E-state index in [1.165, 1.54) is 0 Å². The minimum atomic E-state index is -0.992. The van der Waals surface area contributed by atoms with Gasteiger partial charge < -0.3 is 10.2 Å². The number of hydrogen-bond donors (Lipinski definition) is 3. The summed E-state index contributed by atoms with van der Waals surface area (Å²) in [7, 11) is 0. The van der Waals surface area contributed by atoms with Crippen LogP contribution in [0.25, 0.3) is 10.8 Å². The number of imide groups is 1. The van der Waals surface area contributed by atoms with E-state index in [1.54, 1.807) is 48.7 Å². The van der Waals surface area contributed by atoms with Gasteiger partial charge in [0.25, 0.3) is 11.8 Å². The van der Waals surface area contributed by atoms with Crippen LogP contribution in [-0.2, 0) is 0 Å². The van der Waals surface area contributed by atoms with Gasteiger partial charge in [-0.3, -0.25) is 19.9 Å². The third-order valence-corrected chi connectivity index (χ3v) is 5.21. The number of halogens is 1. The number of nitrogens with one attached hydrogen (secondary N) is 1. The number of hydrogen-bond acceptors (Lipinski definition) is 6. The highest BCUT2D eigenvalue weighted by molar-refractivity contribution is 6.30. The Bertz CT molecular complexity index is 1150. The Balaban J connectivity index is 1.73. The molecule has 0 aromatic heterocycles. The molecule has 0 spiro atoms. The highest BCUT2D eigenvalue weighted by atomic mass is 35.5. The van der Waals surface area contributed by atoms with Gasteiger partial charge in [0.15, 0.2) is 0 Å². The molecule has 3 aromatic carbocycles. The van der Waals surface area contributed by atoms with Crippen LogP contribution >= 0.6 is 11.6 Å². The first kappa shape index (κ1) is 20.0. The van der Waals surface area contributed by atoms with Gasteiger partial charge in [0, 0.05) is 26.9 Å². The quantitative estimate of drug-likeness (QED) is 0.321. The largest absolute Gasteiger partial charge is 0.394 e. The number of carbonyl (C=O) groups is 2. The van der Waals surface area contributed by atoms with E-state index in [9.17, 15) is 19.8 Å². The average Bonchev–Trinajstić information content (AvgIpc) is 2.75. The van der Waals surface area contributed by atoms with Crippen LogP contribution in [0.5, 0.6) is 0 Å². The molecule has 0 fully saturated rings. The topological polar surface area (TPSA) is 102 Å². The second-order valence-corrected chi connectivity index (χ2v) is 7.25. The Kier molecular flexibility index (Phi) is 5.50. The SMILES string of the molecule is O=C1c2cccc3c(N/N=C/c4cccc(Cl)c4)ccc(c23)C(=O)N1C(CO)CO. The van der Waals surface area contributed by atoms with Crippen molar-refractivity contribution in [1.29, 1.82) is 0 Å². The van der Waals surface area contributed by atoms with Crippen molar-refractivity contribution in [3.8, 4) is 0 Å². The maximum Gasteiger partial charge on any atom is 0.261 e. The van der Waals surface area contributed by atoms with E-state index in [1.807, 2.05) is 12.1 Å². The van der Waals surface area contributed by atoms with Crippen molar-refractivity contribution in [2.45, 2.75) is 6.04 Å². The molecule has 4 rings (SSSR count). The molecule has 7 nitrogen and oxygen atoms in total. The van der Waals surface area contributed by atoms with Crippen LogP contribution < -0.4 is 5.43 Å². The standard InChI is InChI=1S/C22H18ClN3O4/c23-14-4-1-3-13(9-14)10-24-25-19-8-7-18-20-16(19)5-2-6-17(20)21(29)26(22(18)30)15(11-27)12-28/h1-10,15,25,27-28H,11-12H2/b24-10+. The second kappa shape index (κ2) is 8.23. The van der Waals surface area contributed by atoms with Crippen LogP contribution in [0.2, 0.25) is 5.02 Å². The maximum atomic E-state index is 12.9. The Morgan fingerprint density at radius 1 is 1.00 bits per heavy atom. The molecule has 1 heterocycles. The third-order valence-electron chi connectivity index (χ3n) is 4.97. The monoisotopic (exact) mass is 423 g/mol. The van der Waals surface area contributed by atoms with Crippen molar-refractivity contribution < 1.29 is 19.8 Å². The van der Waals surface area contributed by atoms with Gasteiger partial charge in [0.05, 0.1) is 31.2 Å². The lowest BCUT2D eigenvalue weighted by Crippen LogP contribution is -2.50. The van der Waals surface area contributed by atoms with Crippen LogP contribution in [0.1, 0.15) is 26.3 Å². The van der Waals surface area contributed by atoms with Gasteiger partial charge in [0.1, 0.15) is 0 Å². The lowest BCUT2D eigenvalue weighted by molar-refractivity contribution is 0.0375. The number of carbonyl (C=O) groups excluding carboxylic acids is 2. The minimum Gasteiger partial charge on any atom is -0.394 e. The highest BCUT2D eigenvalue weighted by Gasteiger charge is 2.37. The molecule has 0 bridgehead atoms. The number of amides is 2. The molecule has 0 atom stereocenters. The Morgan fingerprint density at radius 3 is 2.40 bits per heavy atom. The summed E-state index contributed by atoms with van der Waals surface area (Å²) in [5.41, 5.74) is 5.06. The van der Waals surface area contributed by atoms with Gasteiger partial charge >= 0.3 is 0 Å². The van der Waals surface area contributed by atoms with Crippen LogP contribution in [0.3, 0.4) is 0 Å². The molecule has 0 radical (unpaired) electrons. The van der Waals surface area contributed by atoms with E-state index in [0.29, 0.717) is 32.6 Å².